The Morgan fingerprint density at radius 2 is 2.15 bits per heavy atom. The standard InChI is InChI=1S/C15H24N2O3/c1-12(2)16-8-5-9-20-11-15(18)17-13-6-4-7-14(10-13)19-3/h4,6-7,10,12,16H,5,8-9,11H2,1-3H3,(H,17,18). The van der Waals surface area contributed by atoms with Crippen molar-refractivity contribution < 1.29 is 14.3 Å². The number of anilines is 1. The van der Waals surface area contributed by atoms with E-state index < -0.39 is 0 Å². The predicted octanol–water partition coefficient (Wildman–Crippen LogP) is 2.04. The van der Waals surface area contributed by atoms with Crippen LogP contribution in [0.2, 0.25) is 0 Å². The Morgan fingerprint density at radius 1 is 1.35 bits per heavy atom. The highest BCUT2D eigenvalue weighted by Crippen LogP contribution is 2.16. The Bertz CT molecular complexity index is 408. The molecule has 0 atom stereocenters. The van der Waals surface area contributed by atoms with E-state index in [4.69, 9.17) is 9.47 Å². The van der Waals surface area contributed by atoms with Gasteiger partial charge in [-0.05, 0) is 25.1 Å². The van der Waals surface area contributed by atoms with Crippen LogP contribution in [0, 0.1) is 0 Å². The first-order chi connectivity index (χ1) is 9.61. The van der Waals surface area contributed by atoms with E-state index in [1.165, 1.54) is 0 Å². The van der Waals surface area contributed by atoms with Crippen LogP contribution in [-0.2, 0) is 9.53 Å². The number of hydrogen-bond acceptors (Lipinski definition) is 4. The van der Waals surface area contributed by atoms with Crippen molar-refractivity contribution in [1.29, 1.82) is 0 Å². The van der Waals surface area contributed by atoms with Crippen LogP contribution in [0.5, 0.6) is 5.75 Å². The Kier molecular flexibility index (Phi) is 7.69. The summed E-state index contributed by atoms with van der Waals surface area (Å²) >= 11 is 0. The topological polar surface area (TPSA) is 59.6 Å². The summed E-state index contributed by atoms with van der Waals surface area (Å²) < 4.78 is 10.4. The molecule has 1 amide bonds. The number of amides is 1. The van der Waals surface area contributed by atoms with Gasteiger partial charge in [0.1, 0.15) is 12.4 Å². The lowest BCUT2D eigenvalue weighted by Gasteiger charge is -2.09. The van der Waals surface area contributed by atoms with Gasteiger partial charge < -0.3 is 20.1 Å². The number of rotatable bonds is 9. The summed E-state index contributed by atoms with van der Waals surface area (Å²) in [5.74, 6) is 0.554. The highest BCUT2D eigenvalue weighted by Gasteiger charge is 2.03. The average molecular weight is 280 g/mol. The van der Waals surface area contributed by atoms with Crippen LogP contribution >= 0.6 is 0 Å². The van der Waals surface area contributed by atoms with Crippen molar-refractivity contribution in [3.8, 4) is 5.75 Å². The minimum Gasteiger partial charge on any atom is -0.497 e. The third-order valence-electron chi connectivity index (χ3n) is 2.60. The smallest absolute Gasteiger partial charge is 0.250 e. The zero-order valence-corrected chi connectivity index (χ0v) is 12.4. The van der Waals surface area contributed by atoms with Crippen molar-refractivity contribution in [3.05, 3.63) is 24.3 Å². The molecular weight excluding hydrogens is 256 g/mol. The van der Waals surface area contributed by atoms with Gasteiger partial charge in [0.2, 0.25) is 5.91 Å². The van der Waals surface area contributed by atoms with Gasteiger partial charge in [-0.3, -0.25) is 4.79 Å². The summed E-state index contributed by atoms with van der Waals surface area (Å²) in [6, 6.07) is 7.71. The minimum atomic E-state index is -0.157. The molecule has 0 aliphatic rings. The van der Waals surface area contributed by atoms with Gasteiger partial charge in [-0.25, -0.2) is 0 Å². The monoisotopic (exact) mass is 280 g/mol. The van der Waals surface area contributed by atoms with E-state index in [0.717, 1.165) is 13.0 Å². The van der Waals surface area contributed by atoms with Crippen LogP contribution in [0.1, 0.15) is 20.3 Å². The minimum absolute atomic E-state index is 0.0683. The first-order valence-corrected chi connectivity index (χ1v) is 6.87. The second-order valence-electron chi connectivity index (χ2n) is 4.80. The lowest BCUT2D eigenvalue weighted by Crippen LogP contribution is -2.25. The lowest BCUT2D eigenvalue weighted by molar-refractivity contribution is -0.120. The van der Waals surface area contributed by atoms with Crippen LogP contribution in [0.25, 0.3) is 0 Å². The molecule has 0 aliphatic heterocycles. The molecule has 0 unspecified atom stereocenters. The number of hydrogen-bond donors (Lipinski definition) is 2. The molecule has 0 radical (unpaired) electrons. The van der Waals surface area contributed by atoms with Gasteiger partial charge in [0.05, 0.1) is 7.11 Å². The van der Waals surface area contributed by atoms with Gasteiger partial charge >= 0.3 is 0 Å². The van der Waals surface area contributed by atoms with Crippen molar-refractivity contribution in [2.24, 2.45) is 0 Å². The highest BCUT2D eigenvalue weighted by molar-refractivity contribution is 5.91. The summed E-state index contributed by atoms with van der Waals surface area (Å²) in [6.07, 6.45) is 0.893. The van der Waals surface area contributed by atoms with Crippen molar-refractivity contribution in [1.82, 2.24) is 5.32 Å². The summed E-state index contributed by atoms with van der Waals surface area (Å²) in [5.41, 5.74) is 0.708. The molecule has 0 saturated carbocycles. The van der Waals surface area contributed by atoms with Crippen LogP contribution < -0.4 is 15.4 Å². The first-order valence-electron chi connectivity index (χ1n) is 6.87. The molecule has 1 aromatic rings. The predicted molar refractivity (Wildman–Crippen MR) is 80.2 cm³/mol. The van der Waals surface area contributed by atoms with Gasteiger partial charge in [0, 0.05) is 24.4 Å². The van der Waals surface area contributed by atoms with Gasteiger partial charge in [0.15, 0.2) is 0 Å². The Balaban J connectivity index is 2.16. The van der Waals surface area contributed by atoms with E-state index >= 15 is 0 Å². The maximum atomic E-state index is 11.7. The van der Waals surface area contributed by atoms with Gasteiger partial charge in [0.25, 0.3) is 0 Å². The fourth-order valence-corrected chi connectivity index (χ4v) is 1.63. The fourth-order valence-electron chi connectivity index (χ4n) is 1.63. The Morgan fingerprint density at radius 3 is 2.85 bits per heavy atom. The fraction of sp³-hybridized carbons (Fsp3) is 0.533. The quantitative estimate of drug-likeness (QED) is 0.680. The normalized spacial score (nSPS) is 10.6. The molecule has 0 aromatic heterocycles. The zero-order chi connectivity index (χ0) is 14.8. The average Bonchev–Trinajstić information content (AvgIpc) is 2.42. The van der Waals surface area contributed by atoms with Crippen LogP contribution in [-0.4, -0.2) is 38.8 Å². The molecule has 0 heterocycles. The molecule has 0 aliphatic carbocycles. The Labute approximate surface area is 120 Å². The number of carbonyl (C=O) groups is 1. The third-order valence-corrected chi connectivity index (χ3v) is 2.60. The summed E-state index contributed by atoms with van der Waals surface area (Å²) in [7, 11) is 1.59. The number of methoxy groups -OCH3 is 1. The van der Waals surface area contributed by atoms with Crippen LogP contribution in [0.15, 0.2) is 24.3 Å². The van der Waals surface area contributed by atoms with Crippen molar-refractivity contribution >= 4 is 11.6 Å². The van der Waals surface area contributed by atoms with Gasteiger partial charge in [-0.2, -0.15) is 0 Å². The summed E-state index contributed by atoms with van der Waals surface area (Å²) in [4.78, 5) is 11.7. The van der Waals surface area contributed by atoms with Crippen molar-refractivity contribution in [2.45, 2.75) is 26.3 Å². The van der Waals surface area contributed by atoms with E-state index in [1.54, 1.807) is 13.2 Å². The molecule has 20 heavy (non-hydrogen) atoms. The van der Waals surface area contributed by atoms with Crippen LogP contribution in [0.3, 0.4) is 0 Å². The van der Waals surface area contributed by atoms with E-state index in [0.29, 0.717) is 24.1 Å². The molecular formula is C15H24N2O3. The van der Waals surface area contributed by atoms with Gasteiger partial charge in [-0.1, -0.05) is 19.9 Å². The molecule has 5 nitrogen and oxygen atoms in total. The summed E-state index contributed by atoms with van der Waals surface area (Å²) in [6.45, 7) is 5.74. The molecule has 0 fully saturated rings. The first kappa shape index (κ1) is 16.5. The largest absolute Gasteiger partial charge is 0.497 e. The van der Waals surface area contributed by atoms with Crippen molar-refractivity contribution in [2.75, 3.05) is 32.2 Å². The molecule has 1 rings (SSSR count). The molecule has 0 bridgehead atoms. The SMILES string of the molecule is COc1cccc(NC(=O)COCCCNC(C)C)c1. The third kappa shape index (κ3) is 7.11. The summed E-state index contributed by atoms with van der Waals surface area (Å²) in [5, 5.41) is 6.06. The number of carbonyl (C=O) groups excluding carboxylic acids is 1. The second-order valence-corrected chi connectivity index (χ2v) is 4.80. The van der Waals surface area contributed by atoms with E-state index in [2.05, 4.69) is 24.5 Å². The molecule has 2 N–H and O–H groups in total. The molecule has 112 valence electrons. The van der Waals surface area contributed by atoms with Crippen LogP contribution in [0.4, 0.5) is 5.69 Å². The molecule has 5 heteroatoms. The Hall–Kier alpha value is -1.59. The van der Waals surface area contributed by atoms with Gasteiger partial charge in [-0.15, -0.1) is 0 Å². The zero-order valence-electron chi connectivity index (χ0n) is 12.4. The lowest BCUT2D eigenvalue weighted by atomic mass is 10.3. The molecule has 1 aromatic carbocycles. The van der Waals surface area contributed by atoms with E-state index in [9.17, 15) is 4.79 Å². The van der Waals surface area contributed by atoms with Crippen molar-refractivity contribution in [3.63, 3.8) is 0 Å². The molecule has 0 spiro atoms. The van der Waals surface area contributed by atoms with E-state index in [-0.39, 0.29) is 12.5 Å². The highest BCUT2D eigenvalue weighted by atomic mass is 16.5. The van der Waals surface area contributed by atoms with E-state index in [1.807, 2.05) is 18.2 Å². The number of benzene rings is 1. The number of nitrogens with one attached hydrogen (secondary N) is 2. The second kappa shape index (κ2) is 9.34. The number of ether oxygens (including phenoxy) is 2. The maximum Gasteiger partial charge on any atom is 0.250 e. The maximum absolute atomic E-state index is 11.7. The molecule has 0 saturated heterocycles.